The Kier molecular flexibility index (Phi) is 8.57. The quantitative estimate of drug-likeness (QED) is 0.373. The Morgan fingerprint density at radius 2 is 1.54 bits per heavy atom. The van der Waals surface area contributed by atoms with Gasteiger partial charge in [-0.25, -0.2) is 0 Å². The summed E-state index contributed by atoms with van der Waals surface area (Å²) >= 11 is 0. The number of aromatic nitrogens is 2. The Balaban J connectivity index is 1.48. The topological polar surface area (TPSA) is 38.9 Å². The molecule has 1 saturated carbocycles. The molecule has 0 radical (unpaired) electrons. The van der Waals surface area contributed by atoms with Gasteiger partial charge in [0.05, 0.1) is 0 Å². The van der Waals surface area contributed by atoms with Crippen LogP contribution in [0.25, 0.3) is 11.5 Å². The van der Waals surface area contributed by atoms with Crippen molar-refractivity contribution < 1.29 is 4.42 Å². The maximum absolute atomic E-state index is 6.07. The predicted octanol–water partition coefficient (Wildman–Crippen LogP) is 7.71. The van der Waals surface area contributed by atoms with E-state index in [2.05, 4.69) is 48.3 Å². The van der Waals surface area contributed by atoms with E-state index >= 15 is 0 Å². The van der Waals surface area contributed by atoms with Crippen LogP contribution < -0.4 is 0 Å². The van der Waals surface area contributed by atoms with Gasteiger partial charge in [-0.05, 0) is 62.1 Å². The van der Waals surface area contributed by atoms with Crippen LogP contribution in [0, 0.1) is 5.92 Å². The third-order valence-electron chi connectivity index (χ3n) is 6.37. The first-order chi connectivity index (χ1) is 13.8. The lowest BCUT2D eigenvalue weighted by atomic mass is 9.80. The van der Waals surface area contributed by atoms with Crippen LogP contribution in [0.2, 0.25) is 0 Å². The van der Waals surface area contributed by atoms with Gasteiger partial charge in [-0.1, -0.05) is 70.9 Å². The Bertz CT molecular complexity index is 668. The first-order valence-electron chi connectivity index (χ1n) is 11.7. The standard InChI is InChI=1S/C25H38N2O/c1-3-5-7-8-9-11-21-14-18-23(19-15-21)25-27-26-24(28-25)22-16-12-20(13-17-22)10-6-4-2/h14-15,18-20,22H,3-13,16-17H2,1-2H3. The molecule has 154 valence electrons. The fraction of sp³-hybridized carbons (Fsp3) is 0.680. The van der Waals surface area contributed by atoms with Crippen molar-refractivity contribution in [3.63, 3.8) is 0 Å². The van der Waals surface area contributed by atoms with Crippen molar-refractivity contribution in [2.24, 2.45) is 5.92 Å². The SMILES string of the molecule is CCCCCCCc1ccc(-c2nnc(C3CCC(CCCC)CC3)o2)cc1. The molecule has 0 atom stereocenters. The Labute approximate surface area is 171 Å². The van der Waals surface area contributed by atoms with E-state index in [0.29, 0.717) is 11.8 Å². The summed E-state index contributed by atoms with van der Waals surface area (Å²) in [7, 11) is 0. The molecule has 1 aliphatic carbocycles. The van der Waals surface area contributed by atoms with E-state index in [1.165, 1.54) is 89.0 Å². The van der Waals surface area contributed by atoms with Crippen molar-refractivity contribution in [1.82, 2.24) is 10.2 Å². The molecular formula is C25H38N2O. The fourth-order valence-electron chi connectivity index (χ4n) is 4.45. The molecule has 0 saturated heterocycles. The number of rotatable bonds is 11. The van der Waals surface area contributed by atoms with Crippen molar-refractivity contribution in [3.05, 3.63) is 35.7 Å². The van der Waals surface area contributed by atoms with Gasteiger partial charge in [0.15, 0.2) is 0 Å². The van der Waals surface area contributed by atoms with Gasteiger partial charge < -0.3 is 4.42 Å². The van der Waals surface area contributed by atoms with E-state index in [1.807, 2.05) is 0 Å². The van der Waals surface area contributed by atoms with Gasteiger partial charge in [-0.15, -0.1) is 10.2 Å². The summed E-state index contributed by atoms with van der Waals surface area (Å²) in [5, 5.41) is 8.73. The zero-order valence-corrected chi connectivity index (χ0v) is 18.0. The number of hydrogen-bond acceptors (Lipinski definition) is 3. The second-order valence-corrected chi connectivity index (χ2v) is 8.67. The van der Waals surface area contributed by atoms with E-state index in [0.717, 1.165) is 17.4 Å². The molecule has 28 heavy (non-hydrogen) atoms. The van der Waals surface area contributed by atoms with Crippen molar-refractivity contribution >= 4 is 0 Å². The maximum atomic E-state index is 6.07. The zero-order chi connectivity index (χ0) is 19.6. The number of unbranched alkanes of at least 4 members (excludes halogenated alkanes) is 5. The molecule has 0 unspecified atom stereocenters. The van der Waals surface area contributed by atoms with Crippen LogP contribution in [-0.2, 0) is 6.42 Å². The smallest absolute Gasteiger partial charge is 0.247 e. The second-order valence-electron chi connectivity index (χ2n) is 8.67. The van der Waals surface area contributed by atoms with Crippen molar-refractivity contribution in [2.45, 2.75) is 103 Å². The second kappa shape index (κ2) is 11.4. The molecule has 0 aliphatic heterocycles. The average Bonchev–Trinajstić information content (AvgIpc) is 3.23. The molecule has 1 aromatic carbocycles. The Morgan fingerprint density at radius 3 is 2.25 bits per heavy atom. The molecule has 1 heterocycles. The third kappa shape index (κ3) is 6.18. The highest BCUT2D eigenvalue weighted by Crippen LogP contribution is 2.37. The van der Waals surface area contributed by atoms with Gasteiger partial charge in [0.25, 0.3) is 0 Å². The third-order valence-corrected chi connectivity index (χ3v) is 6.37. The number of benzene rings is 1. The molecule has 2 aromatic rings. The first kappa shape index (κ1) is 21.1. The van der Waals surface area contributed by atoms with Crippen LogP contribution >= 0.6 is 0 Å². The molecular weight excluding hydrogens is 344 g/mol. The summed E-state index contributed by atoms with van der Waals surface area (Å²) in [6.07, 6.45) is 16.9. The largest absolute Gasteiger partial charge is 0.420 e. The monoisotopic (exact) mass is 382 g/mol. The van der Waals surface area contributed by atoms with E-state index < -0.39 is 0 Å². The van der Waals surface area contributed by atoms with Crippen LogP contribution in [0.15, 0.2) is 28.7 Å². The average molecular weight is 383 g/mol. The van der Waals surface area contributed by atoms with Crippen LogP contribution in [0.5, 0.6) is 0 Å². The molecule has 1 aromatic heterocycles. The minimum atomic E-state index is 0.460. The zero-order valence-electron chi connectivity index (χ0n) is 18.0. The van der Waals surface area contributed by atoms with Crippen LogP contribution in [0.4, 0.5) is 0 Å². The highest BCUT2D eigenvalue weighted by atomic mass is 16.4. The summed E-state index contributed by atoms with van der Waals surface area (Å²) in [6.45, 7) is 4.55. The van der Waals surface area contributed by atoms with Gasteiger partial charge in [0, 0.05) is 11.5 Å². The van der Waals surface area contributed by atoms with Gasteiger partial charge in [-0.3, -0.25) is 0 Å². The maximum Gasteiger partial charge on any atom is 0.247 e. The van der Waals surface area contributed by atoms with Crippen molar-refractivity contribution in [3.8, 4) is 11.5 Å². The summed E-state index contributed by atoms with van der Waals surface area (Å²) < 4.78 is 6.07. The molecule has 0 bridgehead atoms. The molecule has 3 heteroatoms. The normalized spacial score (nSPS) is 19.8. The van der Waals surface area contributed by atoms with Gasteiger partial charge in [0.2, 0.25) is 11.8 Å². The summed E-state index contributed by atoms with van der Waals surface area (Å²) in [5.41, 5.74) is 2.45. The molecule has 0 amide bonds. The van der Waals surface area contributed by atoms with Gasteiger partial charge in [0.1, 0.15) is 0 Å². The lowest BCUT2D eigenvalue weighted by Gasteiger charge is -2.26. The van der Waals surface area contributed by atoms with E-state index in [4.69, 9.17) is 4.42 Å². The molecule has 1 fully saturated rings. The Hall–Kier alpha value is -1.64. The number of hydrogen-bond donors (Lipinski definition) is 0. The fourth-order valence-corrected chi connectivity index (χ4v) is 4.45. The van der Waals surface area contributed by atoms with Crippen molar-refractivity contribution in [2.75, 3.05) is 0 Å². The summed E-state index contributed by atoms with van der Waals surface area (Å²) in [4.78, 5) is 0. The van der Waals surface area contributed by atoms with E-state index in [1.54, 1.807) is 0 Å². The minimum absolute atomic E-state index is 0.460. The van der Waals surface area contributed by atoms with Gasteiger partial charge >= 0.3 is 0 Å². The first-order valence-corrected chi connectivity index (χ1v) is 11.7. The molecule has 0 N–H and O–H groups in total. The van der Waals surface area contributed by atoms with Crippen molar-refractivity contribution in [1.29, 1.82) is 0 Å². The predicted molar refractivity (Wildman–Crippen MR) is 116 cm³/mol. The van der Waals surface area contributed by atoms with Gasteiger partial charge in [-0.2, -0.15) is 0 Å². The van der Waals surface area contributed by atoms with Crippen LogP contribution in [0.3, 0.4) is 0 Å². The lowest BCUT2D eigenvalue weighted by Crippen LogP contribution is -2.13. The molecule has 3 rings (SSSR count). The summed E-state index contributed by atoms with van der Waals surface area (Å²) in [6, 6.07) is 8.72. The molecule has 1 aliphatic rings. The van der Waals surface area contributed by atoms with E-state index in [9.17, 15) is 0 Å². The Morgan fingerprint density at radius 1 is 0.821 bits per heavy atom. The van der Waals surface area contributed by atoms with Crippen LogP contribution in [0.1, 0.15) is 108 Å². The van der Waals surface area contributed by atoms with Crippen LogP contribution in [-0.4, -0.2) is 10.2 Å². The lowest BCUT2D eigenvalue weighted by molar-refractivity contribution is 0.278. The minimum Gasteiger partial charge on any atom is -0.420 e. The highest BCUT2D eigenvalue weighted by Gasteiger charge is 2.26. The number of nitrogens with zero attached hydrogens (tertiary/aromatic N) is 2. The molecule has 0 spiro atoms. The molecule has 3 nitrogen and oxygen atoms in total. The summed E-state index contributed by atoms with van der Waals surface area (Å²) in [5.74, 6) is 2.90. The number of aryl methyl sites for hydroxylation is 1. The van der Waals surface area contributed by atoms with E-state index in [-0.39, 0.29) is 0 Å². The highest BCUT2D eigenvalue weighted by molar-refractivity contribution is 5.53.